The number of hydrogen-bond donors (Lipinski definition) is 6. The van der Waals surface area contributed by atoms with E-state index in [1.165, 1.54) is 0 Å². The van der Waals surface area contributed by atoms with Crippen LogP contribution in [0.4, 0.5) is 0 Å². The summed E-state index contributed by atoms with van der Waals surface area (Å²) in [7, 11) is 0. The third-order valence-electron chi connectivity index (χ3n) is 1.57. The van der Waals surface area contributed by atoms with Crippen LogP contribution in [0.5, 0.6) is 0 Å². The van der Waals surface area contributed by atoms with E-state index >= 15 is 0 Å². The molecule has 0 aliphatic rings. The van der Waals surface area contributed by atoms with E-state index < -0.39 is 37.7 Å². The van der Waals surface area contributed by atoms with Crippen LogP contribution in [-0.2, 0) is 14.4 Å². The van der Waals surface area contributed by atoms with E-state index in [1.54, 1.807) is 0 Å². The van der Waals surface area contributed by atoms with Crippen molar-refractivity contribution in [1.29, 1.82) is 0 Å². The van der Waals surface area contributed by atoms with Crippen LogP contribution >= 0.6 is 0 Å². The Hall–Kier alpha value is -2.49. The Balaban J connectivity index is -0.000000270. The Morgan fingerprint density at radius 3 is 1.10 bits per heavy atom. The second kappa shape index (κ2) is 15.6. The van der Waals surface area contributed by atoms with Crippen LogP contribution in [-0.4, -0.2) is 68.4 Å². The van der Waals surface area contributed by atoms with E-state index in [4.69, 9.17) is 30.6 Å². The SMILES string of the molecule is C=CC(=O)O.C=CC(=O)O.O=C(O)C(CO)=C(CO)CO. The molecule has 0 aromatic carbocycles. The van der Waals surface area contributed by atoms with Gasteiger partial charge < -0.3 is 30.6 Å². The standard InChI is InChI=1S/C6H10O5.2C3H4O2/c7-1-4(2-8)5(3-9)6(10)11;2*1-2-3(4)5/h7-9H,1-3H2,(H,10,11);2*2H,1H2,(H,4,5). The molecule has 0 saturated carbocycles. The fourth-order valence-corrected chi connectivity index (χ4v) is 0.572. The van der Waals surface area contributed by atoms with Crippen LogP contribution in [0.15, 0.2) is 36.5 Å². The van der Waals surface area contributed by atoms with Crippen molar-refractivity contribution < 1.29 is 45.0 Å². The largest absolute Gasteiger partial charge is 0.478 e. The molecule has 0 unspecified atom stereocenters. The summed E-state index contributed by atoms with van der Waals surface area (Å²) < 4.78 is 0. The molecule has 0 aliphatic carbocycles. The van der Waals surface area contributed by atoms with E-state index in [-0.39, 0.29) is 11.1 Å². The predicted octanol–water partition coefficient (Wildman–Crippen LogP) is -1.14. The van der Waals surface area contributed by atoms with Crippen molar-refractivity contribution in [3.63, 3.8) is 0 Å². The summed E-state index contributed by atoms with van der Waals surface area (Å²) in [5.41, 5.74) is -0.421. The molecule has 0 aromatic heterocycles. The highest BCUT2D eigenvalue weighted by molar-refractivity contribution is 5.87. The van der Waals surface area contributed by atoms with Gasteiger partial charge in [-0.25, -0.2) is 14.4 Å². The first-order valence-corrected chi connectivity index (χ1v) is 5.19. The second-order valence-electron chi connectivity index (χ2n) is 2.95. The van der Waals surface area contributed by atoms with Crippen LogP contribution in [0.25, 0.3) is 0 Å². The molecule has 0 atom stereocenters. The topological polar surface area (TPSA) is 173 Å². The summed E-state index contributed by atoms with van der Waals surface area (Å²) in [5, 5.41) is 49.0. The highest BCUT2D eigenvalue weighted by atomic mass is 16.4. The minimum atomic E-state index is -1.33. The van der Waals surface area contributed by atoms with E-state index in [0.717, 1.165) is 12.2 Å². The van der Waals surface area contributed by atoms with Gasteiger partial charge in [0.05, 0.1) is 25.4 Å². The number of carboxylic acids is 3. The molecular formula is C12H18O9. The molecule has 0 fully saturated rings. The van der Waals surface area contributed by atoms with Gasteiger partial charge in [-0.2, -0.15) is 0 Å². The summed E-state index contributed by atoms with van der Waals surface area (Å²) in [6.07, 6.45) is 1.67. The first-order chi connectivity index (χ1) is 9.71. The molecular weight excluding hydrogens is 288 g/mol. The number of rotatable bonds is 6. The van der Waals surface area contributed by atoms with Gasteiger partial charge in [-0.1, -0.05) is 13.2 Å². The van der Waals surface area contributed by atoms with Crippen molar-refractivity contribution in [2.45, 2.75) is 0 Å². The van der Waals surface area contributed by atoms with Crippen molar-refractivity contribution >= 4 is 17.9 Å². The van der Waals surface area contributed by atoms with Gasteiger partial charge in [0.25, 0.3) is 0 Å². The molecule has 0 amide bonds. The number of carbonyl (C=O) groups is 3. The number of aliphatic carboxylic acids is 3. The van der Waals surface area contributed by atoms with Gasteiger partial charge >= 0.3 is 17.9 Å². The summed E-state index contributed by atoms with van der Waals surface area (Å²) in [6, 6.07) is 0. The summed E-state index contributed by atoms with van der Waals surface area (Å²) in [4.78, 5) is 28.7. The average Bonchev–Trinajstić information content (AvgIpc) is 2.45. The van der Waals surface area contributed by atoms with Gasteiger partial charge in [-0.05, 0) is 5.57 Å². The normalized spacial score (nSPS) is 7.95. The Morgan fingerprint density at radius 2 is 1.05 bits per heavy atom. The van der Waals surface area contributed by atoms with Crippen LogP contribution in [0, 0.1) is 0 Å². The Morgan fingerprint density at radius 1 is 0.762 bits per heavy atom. The third kappa shape index (κ3) is 17.5. The summed E-state index contributed by atoms with van der Waals surface area (Å²) in [6.45, 7) is 4.12. The van der Waals surface area contributed by atoms with Gasteiger partial charge in [-0.15, -0.1) is 0 Å². The number of hydrogen-bond acceptors (Lipinski definition) is 6. The smallest absolute Gasteiger partial charge is 0.334 e. The minimum absolute atomic E-state index is 0.0694. The fraction of sp³-hybridized carbons (Fsp3) is 0.250. The summed E-state index contributed by atoms with van der Waals surface area (Å²) >= 11 is 0. The molecule has 0 saturated heterocycles. The summed E-state index contributed by atoms with van der Waals surface area (Å²) in [5.74, 6) is -3.29. The van der Waals surface area contributed by atoms with Crippen LogP contribution < -0.4 is 0 Å². The number of aliphatic hydroxyl groups is 3. The van der Waals surface area contributed by atoms with Gasteiger partial charge in [0.15, 0.2) is 0 Å². The molecule has 0 bridgehead atoms. The monoisotopic (exact) mass is 306 g/mol. The molecule has 0 radical (unpaired) electrons. The zero-order valence-corrected chi connectivity index (χ0v) is 11.1. The lowest BCUT2D eigenvalue weighted by Gasteiger charge is -2.03. The quantitative estimate of drug-likeness (QED) is 0.331. The zero-order valence-electron chi connectivity index (χ0n) is 11.1. The molecule has 9 nitrogen and oxygen atoms in total. The van der Waals surface area contributed by atoms with Gasteiger partial charge in [0, 0.05) is 12.2 Å². The maximum Gasteiger partial charge on any atom is 0.334 e. The van der Waals surface area contributed by atoms with Crippen LogP contribution in [0.2, 0.25) is 0 Å². The molecule has 0 aromatic rings. The van der Waals surface area contributed by atoms with Crippen LogP contribution in [0.1, 0.15) is 0 Å². The van der Waals surface area contributed by atoms with Gasteiger partial charge in [0.2, 0.25) is 0 Å². The van der Waals surface area contributed by atoms with Crippen molar-refractivity contribution in [2.75, 3.05) is 19.8 Å². The maximum absolute atomic E-state index is 10.2. The number of aliphatic hydroxyl groups excluding tert-OH is 3. The lowest BCUT2D eigenvalue weighted by atomic mass is 10.1. The van der Waals surface area contributed by atoms with Gasteiger partial charge in [0.1, 0.15) is 0 Å². The molecule has 0 heterocycles. The average molecular weight is 306 g/mol. The van der Waals surface area contributed by atoms with Crippen molar-refractivity contribution in [3.05, 3.63) is 36.5 Å². The molecule has 120 valence electrons. The molecule has 9 heteroatoms. The lowest BCUT2D eigenvalue weighted by molar-refractivity contribution is -0.133. The first-order valence-electron chi connectivity index (χ1n) is 5.19. The van der Waals surface area contributed by atoms with Crippen molar-refractivity contribution in [2.24, 2.45) is 0 Å². The molecule has 0 aliphatic heterocycles. The van der Waals surface area contributed by atoms with Crippen molar-refractivity contribution in [3.8, 4) is 0 Å². The van der Waals surface area contributed by atoms with E-state index in [9.17, 15) is 14.4 Å². The van der Waals surface area contributed by atoms with Crippen molar-refractivity contribution in [1.82, 2.24) is 0 Å². The van der Waals surface area contributed by atoms with E-state index in [0.29, 0.717) is 0 Å². The molecule has 0 rings (SSSR count). The number of carboxylic acid groups (broad SMARTS) is 3. The maximum atomic E-state index is 10.2. The molecule has 6 N–H and O–H groups in total. The highest BCUT2D eigenvalue weighted by Crippen LogP contribution is 2.02. The Labute approximate surface area is 120 Å². The highest BCUT2D eigenvalue weighted by Gasteiger charge is 2.11. The molecule has 21 heavy (non-hydrogen) atoms. The lowest BCUT2D eigenvalue weighted by Crippen LogP contribution is -2.12. The Kier molecular flexibility index (Phi) is 17.5. The Bertz CT molecular complexity index is 372. The first kappa shape index (κ1) is 23.6. The third-order valence-corrected chi connectivity index (χ3v) is 1.57. The fourth-order valence-electron chi connectivity index (χ4n) is 0.572. The van der Waals surface area contributed by atoms with E-state index in [2.05, 4.69) is 13.2 Å². The van der Waals surface area contributed by atoms with Gasteiger partial charge in [-0.3, -0.25) is 0 Å². The van der Waals surface area contributed by atoms with E-state index in [1.807, 2.05) is 0 Å². The second-order valence-corrected chi connectivity index (χ2v) is 2.95. The predicted molar refractivity (Wildman–Crippen MR) is 71.6 cm³/mol. The molecule has 0 spiro atoms. The minimum Gasteiger partial charge on any atom is -0.478 e. The van der Waals surface area contributed by atoms with Crippen LogP contribution in [0.3, 0.4) is 0 Å². The zero-order chi connectivity index (χ0) is 17.4.